The van der Waals surface area contributed by atoms with Crippen LogP contribution in [-0.2, 0) is 11.2 Å². The predicted molar refractivity (Wildman–Crippen MR) is 75.4 cm³/mol. The first-order chi connectivity index (χ1) is 9.41. The number of urea groups is 1. The maximum Gasteiger partial charge on any atom is 0.326 e. The minimum atomic E-state index is -1.02. The molecule has 0 aliphatic carbocycles. The highest BCUT2D eigenvalue weighted by molar-refractivity contribution is 5.82. The third-order valence-electron chi connectivity index (χ3n) is 2.99. The second kappa shape index (κ2) is 7.47. The summed E-state index contributed by atoms with van der Waals surface area (Å²) >= 11 is 0. The Labute approximate surface area is 118 Å². The summed E-state index contributed by atoms with van der Waals surface area (Å²) in [5.74, 6) is -1.19. The molecule has 0 fully saturated rings. The molecule has 1 aromatic rings. The molecule has 0 bridgehead atoms. The molecule has 1 rings (SSSR count). The summed E-state index contributed by atoms with van der Waals surface area (Å²) in [4.78, 5) is 28.6. The van der Waals surface area contributed by atoms with E-state index in [1.54, 1.807) is 27.1 Å². The summed E-state index contributed by atoms with van der Waals surface area (Å²) < 4.78 is 0. The Morgan fingerprint density at radius 1 is 1.40 bits per heavy atom. The predicted octanol–water partition coefficient (Wildman–Crippen LogP) is 1.37. The van der Waals surface area contributed by atoms with E-state index in [0.717, 1.165) is 5.69 Å². The number of nitrogens with one attached hydrogen (secondary N) is 1. The summed E-state index contributed by atoms with van der Waals surface area (Å²) in [6, 6.07) is 4.35. The van der Waals surface area contributed by atoms with E-state index < -0.39 is 12.0 Å². The molecule has 1 aromatic heterocycles. The highest BCUT2D eigenvalue weighted by Gasteiger charge is 2.24. The molecule has 0 aliphatic rings. The van der Waals surface area contributed by atoms with Gasteiger partial charge in [0, 0.05) is 31.9 Å². The second-order valence-electron chi connectivity index (χ2n) is 5.00. The van der Waals surface area contributed by atoms with Crippen molar-refractivity contribution in [2.24, 2.45) is 5.92 Å². The Morgan fingerprint density at radius 2 is 2.10 bits per heavy atom. The standard InChI is InChI=1S/C14H21N3O3/c1-10(2)12(13(18)19)16-14(20)17(3)9-7-11-6-4-5-8-15-11/h4-6,8,10,12H,7,9H2,1-3H3,(H,16,20)(H,18,19)/t12-/m0/s1. The maximum absolute atomic E-state index is 11.9. The third kappa shape index (κ3) is 4.87. The fourth-order valence-corrected chi connectivity index (χ4v) is 1.69. The number of aliphatic carboxylic acids is 1. The first-order valence-corrected chi connectivity index (χ1v) is 6.56. The van der Waals surface area contributed by atoms with Crippen LogP contribution >= 0.6 is 0 Å². The van der Waals surface area contributed by atoms with E-state index in [-0.39, 0.29) is 11.9 Å². The number of likely N-dealkylation sites (N-methyl/N-ethyl adjacent to an activating group) is 1. The van der Waals surface area contributed by atoms with Crippen molar-refractivity contribution in [1.82, 2.24) is 15.2 Å². The van der Waals surface area contributed by atoms with Crippen LogP contribution in [0.1, 0.15) is 19.5 Å². The number of carboxylic acids is 1. The summed E-state index contributed by atoms with van der Waals surface area (Å²) in [6.07, 6.45) is 2.33. The van der Waals surface area contributed by atoms with Gasteiger partial charge in [-0.25, -0.2) is 9.59 Å². The molecule has 0 aliphatic heterocycles. The van der Waals surface area contributed by atoms with E-state index in [0.29, 0.717) is 13.0 Å². The highest BCUT2D eigenvalue weighted by Crippen LogP contribution is 2.03. The molecule has 1 heterocycles. The molecular formula is C14H21N3O3. The molecule has 0 aromatic carbocycles. The number of carbonyl (C=O) groups excluding carboxylic acids is 1. The molecule has 0 unspecified atom stereocenters. The Balaban J connectivity index is 2.48. The highest BCUT2D eigenvalue weighted by atomic mass is 16.4. The summed E-state index contributed by atoms with van der Waals surface area (Å²) in [5.41, 5.74) is 0.894. The second-order valence-corrected chi connectivity index (χ2v) is 5.00. The lowest BCUT2D eigenvalue weighted by molar-refractivity contribution is -0.140. The quantitative estimate of drug-likeness (QED) is 0.824. The van der Waals surface area contributed by atoms with Crippen molar-refractivity contribution in [3.05, 3.63) is 30.1 Å². The largest absolute Gasteiger partial charge is 0.480 e. The first kappa shape index (κ1) is 15.9. The normalized spacial score (nSPS) is 12.0. The average Bonchev–Trinajstić information content (AvgIpc) is 2.42. The number of hydrogen-bond donors (Lipinski definition) is 2. The molecule has 6 heteroatoms. The molecule has 2 N–H and O–H groups in total. The lowest BCUT2D eigenvalue weighted by atomic mass is 10.1. The number of pyridine rings is 1. The van der Waals surface area contributed by atoms with E-state index in [9.17, 15) is 9.59 Å². The van der Waals surface area contributed by atoms with Crippen LogP contribution in [0.3, 0.4) is 0 Å². The average molecular weight is 279 g/mol. The molecule has 0 saturated heterocycles. The van der Waals surface area contributed by atoms with Crippen LogP contribution in [0.2, 0.25) is 0 Å². The van der Waals surface area contributed by atoms with Gasteiger partial charge in [0.25, 0.3) is 0 Å². The number of hydrogen-bond acceptors (Lipinski definition) is 3. The molecule has 110 valence electrons. The zero-order chi connectivity index (χ0) is 15.1. The van der Waals surface area contributed by atoms with Crippen molar-refractivity contribution in [2.75, 3.05) is 13.6 Å². The third-order valence-corrected chi connectivity index (χ3v) is 2.99. The fraction of sp³-hybridized carbons (Fsp3) is 0.500. The number of nitrogens with zero attached hydrogens (tertiary/aromatic N) is 2. The summed E-state index contributed by atoms with van der Waals surface area (Å²) in [6.45, 7) is 3.99. The monoisotopic (exact) mass is 279 g/mol. The first-order valence-electron chi connectivity index (χ1n) is 6.56. The van der Waals surface area contributed by atoms with E-state index in [1.807, 2.05) is 18.2 Å². The molecule has 2 amide bonds. The zero-order valence-electron chi connectivity index (χ0n) is 12.0. The Kier molecular flexibility index (Phi) is 5.96. The van der Waals surface area contributed by atoms with Gasteiger partial charge in [-0.15, -0.1) is 0 Å². The van der Waals surface area contributed by atoms with Crippen LogP contribution in [0.25, 0.3) is 0 Å². The minimum Gasteiger partial charge on any atom is -0.480 e. The molecular weight excluding hydrogens is 258 g/mol. The molecule has 0 spiro atoms. The lowest BCUT2D eigenvalue weighted by Gasteiger charge is -2.23. The van der Waals surface area contributed by atoms with Gasteiger partial charge in [0.2, 0.25) is 0 Å². The van der Waals surface area contributed by atoms with Crippen molar-refractivity contribution in [3.8, 4) is 0 Å². The van der Waals surface area contributed by atoms with E-state index >= 15 is 0 Å². The molecule has 6 nitrogen and oxygen atoms in total. The molecule has 0 saturated carbocycles. The van der Waals surface area contributed by atoms with Gasteiger partial charge in [0.05, 0.1) is 0 Å². The van der Waals surface area contributed by atoms with Crippen molar-refractivity contribution < 1.29 is 14.7 Å². The zero-order valence-corrected chi connectivity index (χ0v) is 12.0. The van der Waals surface area contributed by atoms with Gasteiger partial charge in [-0.3, -0.25) is 4.98 Å². The van der Waals surface area contributed by atoms with E-state index in [4.69, 9.17) is 5.11 Å². The minimum absolute atomic E-state index is 0.166. The number of rotatable bonds is 6. The van der Waals surface area contributed by atoms with Crippen LogP contribution in [0.15, 0.2) is 24.4 Å². The van der Waals surface area contributed by atoms with Gasteiger partial charge in [-0.2, -0.15) is 0 Å². The van der Waals surface area contributed by atoms with E-state index in [2.05, 4.69) is 10.3 Å². The van der Waals surface area contributed by atoms with Crippen molar-refractivity contribution in [3.63, 3.8) is 0 Å². The van der Waals surface area contributed by atoms with E-state index in [1.165, 1.54) is 4.90 Å². The smallest absolute Gasteiger partial charge is 0.326 e. The van der Waals surface area contributed by atoms with Crippen molar-refractivity contribution >= 4 is 12.0 Å². The number of amides is 2. The van der Waals surface area contributed by atoms with Crippen LogP contribution in [0.4, 0.5) is 4.79 Å². The number of aromatic nitrogens is 1. The Morgan fingerprint density at radius 3 is 2.60 bits per heavy atom. The molecule has 20 heavy (non-hydrogen) atoms. The van der Waals surface area contributed by atoms with Gasteiger partial charge >= 0.3 is 12.0 Å². The van der Waals surface area contributed by atoms with Crippen LogP contribution in [0, 0.1) is 5.92 Å². The maximum atomic E-state index is 11.9. The number of carbonyl (C=O) groups is 2. The van der Waals surface area contributed by atoms with Crippen molar-refractivity contribution in [1.29, 1.82) is 0 Å². The van der Waals surface area contributed by atoms with Crippen LogP contribution in [-0.4, -0.2) is 46.6 Å². The van der Waals surface area contributed by atoms with Gasteiger partial charge in [0.1, 0.15) is 6.04 Å². The van der Waals surface area contributed by atoms with Gasteiger partial charge in [-0.05, 0) is 18.1 Å². The lowest BCUT2D eigenvalue weighted by Crippen LogP contribution is -2.49. The van der Waals surface area contributed by atoms with Crippen LogP contribution < -0.4 is 5.32 Å². The van der Waals surface area contributed by atoms with Crippen molar-refractivity contribution in [2.45, 2.75) is 26.3 Å². The Hall–Kier alpha value is -2.11. The summed E-state index contributed by atoms with van der Waals surface area (Å²) in [5, 5.41) is 11.6. The SMILES string of the molecule is CC(C)[C@H](NC(=O)N(C)CCc1ccccn1)C(=O)O. The van der Waals surface area contributed by atoms with Crippen LogP contribution in [0.5, 0.6) is 0 Å². The number of carboxylic acid groups (broad SMARTS) is 1. The van der Waals surface area contributed by atoms with Gasteiger partial charge in [0.15, 0.2) is 0 Å². The summed E-state index contributed by atoms with van der Waals surface area (Å²) in [7, 11) is 1.64. The topological polar surface area (TPSA) is 82.5 Å². The fourth-order valence-electron chi connectivity index (χ4n) is 1.69. The molecule has 1 atom stereocenters. The van der Waals surface area contributed by atoms with Gasteiger partial charge < -0.3 is 15.3 Å². The molecule has 0 radical (unpaired) electrons. The Bertz CT molecular complexity index is 448. The van der Waals surface area contributed by atoms with Gasteiger partial charge in [-0.1, -0.05) is 19.9 Å².